The van der Waals surface area contributed by atoms with Crippen LogP contribution in [0.3, 0.4) is 0 Å². The van der Waals surface area contributed by atoms with Gasteiger partial charge in [-0.2, -0.15) is 0 Å². The molecule has 7 heteroatoms. The highest BCUT2D eigenvalue weighted by atomic mass is 16.5. The number of nitrogens with zero attached hydrogens (tertiary/aromatic N) is 3. The molecule has 0 radical (unpaired) electrons. The second-order valence-electron chi connectivity index (χ2n) is 5.21. The molecule has 3 aromatic rings. The highest BCUT2D eigenvalue weighted by Crippen LogP contribution is 2.28. The fourth-order valence-corrected chi connectivity index (χ4v) is 2.52. The summed E-state index contributed by atoms with van der Waals surface area (Å²) in [7, 11) is 0. The molecule has 114 valence electrons. The van der Waals surface area contributed by atoms with Crippen molar-refractivity contribution in [2.45, 2.75) is 6.54 Å². The van der Waals surface area contributed by atoms with Gasteiger partial charge in [-0.25, -0.2) is 4.68 Å². The number of anilines is 1. The lowest BCUT2D eigenvalue weighted by molar-refractivity contribution is -0.118. The van der Waals surface area contributed by atoms with Crippen LogP contribution in [0.1, 0.15) is 10.4 Å². The van der Waals surface area contributed by atoms with Crippen LogP contribution in [0.2, 0.25) is 0 Å². The van der Waals surface area contributed by atoms with Crippen LogP contribution in [0.5, 0.6) is 5.75 Å². The average molecular weight is 308 g/mol. The molecule has 2 heterocycles. The first-order chi connectivity index (χ1) is 11.2. The van der Waals surface area contributed by atoms with Crippen molar-refractivity contribution >= 4 is 28.4 Å². The summed E-state index contributed by atoms with van der Waals surface area (Å²) < 4.78 is 6.84. The van der Waals surface area contributed by atoms with Crippen LogP contribution in [0.25, 0.3) is 11.0 Å². The Bertz CT molecular complexity index is 932. The van der Waals surface area contributed by atoms with Gasteiger partial charge in [0.05, 0.1) is 11.2 Å². The van der Waals surface area contributed by atoms with Gasteiger partial charge >= 0.3 is 0 Å². The highest BCUT2D eigenvalue weighted by Gasteiger charge is 2.18. The van der Waals surface area contributed by atoms with E-state index in [4.69, 9.17) is 4.74 Å². The number of Topliss-reactive ketones (excluding diaryl/α,β-unsaturated/α-hetero) is 1. The van der Waals surface area contributed by atoms with E-state index in [0.29, 0.717) is 17.0 Å². The number of ketones is 1. The fraction of sp³-hybridized carbons (Fsp3) is 0.125. The molecule has 1 amide bonds. The SMILES string of the molecule is O=C1COc2ccc(C(=O)Cn3nnc4ccccc43)cc2N1. The summed E-state index contributed by atoms with van der Waals surface area (Å²) in [5.41, 5.74) is 2.53. The van der Waals surface area contributed by atoms with E-state index in [9.17, 15) is 9.59 Å². The summed E-state index contributed by atoms with van der Waals surface area (Å²) in [5.74, 6) is 0.208. The van der Waals surface area contributed by atoms with Crippen LogP contribution >= 0.6 is 0 Å². The molecule has 1 aromatic heterocycles. The molecule has 0 unspecified atom stereocenters. The van der Waals surface area contributed by atoms with E-state index in [1.807, 2.05) is 24.3 Å². The van der Waals surface area contributed by atoms with Crippen molar-refractivity contribution < 1.29 is 14.3 Å². The number of ether oxygens (including phenoxy) is 1. The first-order valence-electron chi connectivity index (χ1n) is 7.09. The molecule has 0 atom stereocenters. The van der Waals surface area contributed by atoms with E-state index in [0.717, 1.165) is 11.0 Å². The molecular weight excluding hydrogens is 296 g/mol. The molecule has 4 rings (SSSR count). The smallest absolute Gasteiger partial charge is 0.262 e. The first kappa shape index (κ1) is 13.4. The number of hydrogen-bond acceptors (Lipinski definition) is 5. The average Bonchev–Trinajstić information content (AvgIpc) is 2.97. The molecule has 23 heavy (non-hydrogen) atoms. The molecule has 1 aliphatic heterocycles. The minimum absolute atomic E-state index is 0.00869. The highest BCUT2D eigenvalue weighted by molar-refractivity contribution is 6.00. The zero-order valence-electron chi connectivity index (χ0n) is 12.0. The Morgan fingerprint density at radius 2 is 2.13 bits per heavy atom. The van der Waals surface area contributed by atoms with Crippen molar-refractivity contribution in [3.05, 3.63) is 48.0 Å². The summed E-state index contributed by atoms with van der Waals surface area (Å²) in [6.45, 7) is 0.0688. The molecule has 0 fully saturated rings. The Balaban J connectivity index is 1.62. The number of carbonyl (C=O) groups excluding carboxylic acids is 2. The summed E-state index contributed by atoms with van der Waals surface area (Å²) in [6.07, 6.45) is 0. The van der Waals surface area contributed by atoms with Gasteiger partial charge in [0.15, 0.2) is 12.4 Å². The van der Waals surface area contributed by atoms with Gasteiger partial charge in [-0.1, -0.05) is 17.3 Å². The van der Waals surface area contributed by atoms with Crippen LogP contribution < -0.4 is 10.1 Å². The molecule has 0 saturated heterocycles. The summed E-state index contributed by atoms with van der Waals surface area (Å²) in [5, 5.41) is 10.7. The summed E-state index contributed by atoms with van der Waals surface area (Å²) >= 11 is 0. The largest absolute Gasteiger partial charge is 0.482 e. The zero-order chi connectivity index (χ0) is 15.8. The maximum absolute atomic E-state index is 12.5. The second-order valence-corrected chi connectivity index (χ2v) is 5.21. The predicted molar refractivity (Wildman–Crippen MR) is 82.4 cm³/mol. The topological polar surface area (TPSA) is 86.1 Å². The molecule has 0 aliphatic carbocycles. The number of aromatic nitrogens is 3. The number of rotatable bonds is 3. The lowest BCUT2D eigenvalue weighted by Crippen LogP contribution is -2.25. The van der Waals surface area contributed by atoms with Gasteiger partial charge in [-0.05, 0) is 30.3 Å². The number of para-hydroxylation sites is 1. The fourth-order valence-electron chi connectivity index (χ4n) is 2.52. The number of nitrogens with one attached hydrogen (secondary N) is 1. The van der Waals surface area contributed by atoms with E-state index in [1.165, 1.54) is 0 Å². The van der Waals surface area contributed by atoms with E-state index < -0.39 is 0 Å². The molecule has 2 aromatic carbocycles. The van der Waals surface area contributed by atoms with Crippen molar-refractivity contribution in [3.63, 3.8) is 0 Å². The van der Waals surface area contributed by atoms with Crippen molar-refractivity contribution in [2.75, 3.05) is 11.9 Å². The third kappa shape index (κ3) is 2.42. The molecular formula is C16H12N4O3. The normalized spacial score (nSPS) is 13.3. The Hall–Kier alpha value is -3.22. The van der Waals surface area contributed by atoms with Crippen molar-refractivity contribution in [1.82, 2.24) is 15.0 Å². The molecule has 0 bridgehead atoms. The van der Waals surface area contributed by atoms with Gasteiger partial charge in [-0.15, -0.1) is 5.10 Å². The minimum atomic E-state index is -0.232. The van der Waals surface area contributed by atoms with Crippen molar-refractivity contribution in [1.29, 1.82) is 0 Å². The van der Waals surface area contributed by atoms with Gasteiger partial charge in [0.25, 0.3) is 5.91 Å². The lowest BCUT2D eigenvalue weighted by atomic mass is 10.1. The number of carbonyl (C=O) groups is 2. The van der Waals surface area contributed by atoms with Crippen LogP contribution in [0, 0.1) is 0 Å². The van der Waals surface area contributed by atoms with Crippen molar-refractivity contribution in [2.24, 2.45) is 0 Å². The number of fused-ring (bicyclic) bond motifs is 2. The van der Waals surface area contributed by atoms with E-state index in [2.05, 4.69) is 15.6 Å². The van der Waals surface area contributed by atoms with Crippen molar-refractivity contribution in [3.8, 4) is 5.75 Å². The molecule has 0 saturated carbocycles. The molecule has 1 aliphatic rings. The van der Waals surface area contributed by atoms with Gasteiger partial charge in [0.2, 0.25) is 0 Å². The number of hydrogen-bond donors (Lipinski definition) is 1. The predicted octanol–water partition coefficient (Wildman–Crippen LogP) is 1.65. The summed E-state index contributed by atoms with van der Waals surface area (Å²) in [6, 6.07) is 12.4. The Morgan fingerprint density at radius 1 is 1.26 bits per heavy atom. The van der Waals surface area contributed by atoms with Gasteiger partial charge < -0.3 is 10.1 Å². The Labute approximate surface area is 130 Å². The number of amides is 1. The van der Waals surface area contributed by atoms with Crippen LogP contribution in [-0.4, -0.2) is 33.3 Å². The maximum atomic E-state index is 12.5. The van der Waals surface area contributed by atoms with Gasteiger partial charge in [0, 0.05) is 5.56 Å². The molecule has 1 N–H and O–H groups in total. The molecule has 0 spiro atoms. The number of benzene rings is 2. The first-order valence-corrected chi connectivity index (χ1v) is 7.09. The van der Waals surface area contributed by atoms with E-state index in [-0.39, 0.29) is 24.8 Å². The van der Waals surface area contributed by atoms with Crippen LogP contribution in [0.15, 0.2) is 42.5 Å². The quantitative estimate of drug-likeness (QED) is 0.743. The third-order valence-corrected chi connectivity index (χ3v) is 3.65. The minimum Gasteiger partial charge on any atom is -0.482 e. The summed E-state index contributed by atoms with van der Waals surface area (Å²) in [4.78, 5) is 23.8. The van der Waals surface area contributed by atoms with Gasteiger partial charge in [0.1, 0.15) is 17.8 Å². The van der Waals surface area contributed by atoms with E-state index >= 15 is 0 Å². The maximum Gasteiger partial charge on any atom is 0.262 e. The molecule has 7 nitrogen and oxygen atoms in total. The Kier molecular flexibility index (Phi) is 3.04. The van der Waals surface area contributed by atoms with Crippen LogP contribution in [0.4, 0.5) is 5.69 Å². The van der Waals surface area contributed by atoms with Crippen LogP contribution in [-0.2, 0) is 11.3 Å². The van der Waals surface area contributed by atoms with E-state index in [1.54, 1.807) is 22.9 Å². The second kappa shape index (κ2) is 5.20. The zero-order valence-corrected chi connectivity index (χ0v) is 12.0. The standard InChI is InChI=1S/C16H12N4O3/c21-14(8-20-13-4-2-1-3-11(13)18-19-20)10-5-6-15-12(7-10)17-16(22)9-23-15/h1-7H,8-9H2,(H,17,22). The third-order valence-electron chi connectivity index (χ3n) is 3.65. The van der Waals surface area contributed by atoms with Gasteiger partial charge in [-0.3, -0.25) is 9.59 Å². The Morgan fingerprint density at radius 3 is 3.04 bits per heavy atom. The lowest BCUT2D eigenvalue weighted by Gasteiger charge is -2.18. The monoisotopic (exact) mass is 308 g/mol.